The van der Waals surface area contributed by atoms with Crippen molar-refractivity contribution >= 4 is 35.8 Å². The maximum atomic E-state index is 12.0. The van der Waals surface area contributed by atoms with E-state index >= 15 is 0 Å². The number of halogens is 1. The number of guanidine groups is 1. The molecule has 152 valence electrons. The third kappa shape index (κ3) is 9.81. The average Bonchev–Trinajstić information content (AvgIpc) is 3.50. The van der Waals surface area contributed by atoms with Crippen molar-refractivity contribution in [2.45, 2.75) is 19.3 Å². The number of hydrogen-bond donors (Lipinski definition) is 3. The van der Waals surface area contributed by atoms with Gasteiger partial charge in [0.05, 0.1) is 7.11 Å². The summed E-state index contributed by atoms with van der Waals surface area (Å²) in [4.78, 5) is 16.2. The molecule has 0 aliphatic heterocycles. The van der Waals surface area contributed by atoms with Gasteiger partial charge in [-0.2, -0.15) is 0 Å². The first-order valence-corrected chi connectivity index (χ1v) is 9.17. The number of methoxy groups -OCH3 is 1. The lowest BCUT2D eigenvalue weighted by Gasteiger charge is -2.12. The molecule has 1 aliphatic rings. The minimum atomic E-state index is -0.106. The first kappa shape index (κ1) is 23.5. The molecule has 3 N–H and O–H groups in total. The molecule has 0 spiro atoms. The Morgan fingerprint density at radius 2 is 1.78 bits per heavy atom. The summed E-state index contributed by atoms with van der Waals surface area (Å²) in [5.74, 6) is 2.16. The van der Waals surface area contributed by atoms with E-state index in [-0.39, 0.29) is 29.9 Å². The molecule has 0 bridgehead atoms. The van der Waals surface area contributed by atoms with Gasteiger partial charge >= 0.3 is 0 Å². The van der Waals surface area contributed by atoms with Crippen molar-refractivity contribution < 1.29 is 14.3 Å². The summed E-state index contributed by atoms with van der Waals surface area (Å²) in [5.41, 5.74) is 0.611. The molecule has 0 heterocycles. The number of carbonyl (C=O) groups excluding carboxylic acids is 1. The number of benzene rings is 1. The zero-order valence-corrected chi connectivity index (χ0v) is 18.5. The number of nitrogens with one attached hydrogen (secondary N) is 3. The van der Waals surface area contributed by atoms with Crippen LogP contribution in [0.15, 0.2) is 29.3 Å². The first-order valence-electron chi connectivity index (χ1n) is 9.17. The van der Waals surface area contributed by atoms with Gasteiger partial charge in [0.1, 0.15) is 5.75 Å². The van der Waals surface area contributed by atoms with E-state index in [4.69, 9.17) is 9.47 Å². The van der Waals surface area contributed by atoms with E-state index in [1.807, 2.05) is 0 Å². The lowest BCUT2D eigenvalue weighted by atomic mass is 10.2. The van der Waals surface area contributed by atoms with E-state index in [1.165, 1.54) is 12.8 Å². The molecule has 1 aromatic carbocycles. The van der Waals surface area contributed by atoms with Crippen molar-refractivity contribution in [1.82, 2.24) is 16.0 Å². The van der Waals surface area contributed by atoms with E-state index in [9.17, 15) is 4.79 Å². The quantitative estimate of drug-likeness (QED) is 0.191. The van der Waals surface area contributed by atoms with Crippen molar-refractivity contribution in [2.75, 3.05) is 47.0 Å². The fourth-order valence-electron chi connectivity index (χ4n) is 2.34. The molecule has 8 heteroatoms. The Balaban J connectivity index is 0.00000364. The molecular formula is C19H31IN4O3. The summed E-state index contributed by atoms with van der Waals surface area (Å²) in [6, 6.07) is 7.03. The number of carbonyl (C=O) groups is 1. The summed E-state index contributed by atoms with van der Waals surface area (Å²) in [5, 5.41) is 9.29. The minimum absolute atomic E-state index is 0. The fraction of sp³-hybridized carbons (Fsp3) is 0.579. The van der Waals surface area contributed by atoms with Gasteiger partial charge in [-0.15, -0.1) is 24.0 Å². The second-order valence-corrected chi connectivity index (χ2v) is 6.28. The van der Waals surface area contributed by atoms with Crippen LogP contribution < -0.4 is 20.7 Å². The Kier molecular flexibility index (Phi) is 11.8. The minimum Gasteiger partial charge on any atom is -0.497 e. The molecule has 0 saturated heterocycles. The van der Waals surface area contributed by atoms with Crippen molar-refractivity contribution in [1.29, 1.82) is 0 Å². The highest BCUT2D eigenvalue weighted by molar-refractivity contribution is 14.0. The van der Waals surface area contributed by atoms with Crippen LogP contribution in [-0.2, 0) is 4.74 Å². The molecule has 1 fully saturated rings. The SMILES string of the molecule is CN=C(NCCCOCC1CC1)NCCNC(=O)c1ccc(OC)cc1.I. The predicted molar refractivity (Wildman–Crippen MR) is 118 cm³/mol. The van der Waals surface area contributed by atoms with Gasteiger partial charge in [0.15, 0.2) is 5.96 Å². The van der Waals surface area contributed by atoms with Gasteiger partial charge in [0, 0.05) is 45.5 Å². The average molecular weight is 490 g/mol. The number of nitrogens with zero attached hydrogens (tertiary/aromatic N) is 1. The van der Waals surface area contributed by atoms with Crippen LogP contribution >= 0.6 is 24.0 Å². The van der Waals surface area contributed by atoms with Crippen LogP contribution in [0.3, 0.4) is 0 Å². The van der Waals surface area contributed by atoms with Crippen LogP contribution in [0.25, 0.3) is 0 Å². The zero-order valence-electron chi connectivity index (χ0n) is 16.1. The Morgan fingerprint density at radius 1 is 1.11 bits per heavy atom. The molecule has 0 unspecified atom stereocenters. The van der Waals surface area contributed by atoms with Crippen molar-refractivity contribution in [3.8, 4) is 5.75 Å². The molecular weight excluding hydrogens is 459 g/mol. The summed E-state index contributed by atoms with van der Waals surface area (Å²) in [7, 11) is 3.33. The van der Waals surface area contributed by atoms with Gasteiger partial charge in [-0.05, 0) is 49.4 Å². The predicted octanol–water partition coefficient (Wildman–Crippen LogP) is 2.02. The number of aliphatic imine (C=N–C) groups is 1. The Labute approximate surface area is 178 Å². The van der Waals surface area contributed by atoms with Crippen LogP contribution in [0.1, 0.15) is 29.6 Å². The molecule has 0 aromatic heterocycles. The molecule has 1 saturated carbocycles. The Morgan fingerprint density at radius 3 is 2.41 bits per heavy atom. The maximum absolute atomic E-state index is 12.0. The highest BCUT2D eigenvalue weighted by atomic mass is 127. The van der Waals surface area contributed by atoms with Crippen molar-refractivity contribution in [2.24, 2.45) is 10.9 Å². The van der Waals surface area contributed by atoms with Crippen molar-refractivity contribution in [3.63, 3.8) is 0 Å². The molecule has 1 amide bonds. The van der Waals surface area contributed by atoms with Gasteiger partial charge in [-0.3, -0.25) is 9.79 Å². The van der Waals surface area contributed by atoms with Gasteiger partial charge in [-0.1, -0.05) is 0 Å². The number of ether oxygens (including phenoxy) is 2. The monoisotopic (exact) mass is 490 g/mol. The molecule has 27 heavy (non-hydrogen) atoms. The largest absolute Gasteiger partial charge is 0.497 e. The lowest BCUT2D eigenvalue weighted by Crippen LogP contribution is -2.42. The first-order chi connectivity index (χ1) is 12.7. The summed E-state index contributed by atoms with van der Waals surface area (Å²) < 4.78 is 10.7. The topological polar surface area (TPSA) is 84.0 Å². The van der Waals surface area contributed by atoms with E-state index in [0.717, 1.165) is 43.8 Å². The Hall–Kier alpha value is -1.55. The van der Waals surface area contributed by atoms with E-state index in [2.05, 4.69) is 20.9 Å². The van der Waals surface area contributed by atoms with Crippen LogP contribution in [0.5, 0.6) is 5.75 Å². The molecule has 7 nitrogen and oxygen atoms in total. The van der Waals surface area contributed by atoms with Crippen molar-refractivity contribution in [3.05, 3.63) is 29.8 Å². The summed E-state index contributed by atoms with van der Waals surface area (Å²) >= 11 is 0. The number of rotatable bonds is 11. The van der Waals surface area contributed by atoms with Crippen LogP contribution in [0.2, 0.25) is 0 Å². The summed E-state index contributed by atoms with van der Waals surface area (Å²) in [6.07, 6.45) is 3.59. The molecule has 0 radical (unpaired) electrons. The third-order valence-corrected chi connectivity index (χ3v) is 4.09. The third-order valence-electron chi connectivity index (χ3n) is 4.09. The lowest BCUT2D eigenvalue weighted by molar-refractivity contribution is 0.0954. The van der Waals surface area contributed by atoms with Gasteiger partial charge in [0.25, 0.3) is 5.91 Å². The number of amides is 1. The van der Waals surface area contributed by atoms with E-state index in [1.54, 1.807) is 38.4 Å². The van der Waals surface area contributed by atoms with Crippen LogP contribution in [0.4, 0.5) is 0 Å². The summed E-state index contributed by atoms with van der Waals surface area (Å²) in [6.45, 7) is 3.59. The second-order valence-electron chi connectivity index (χ2n) is 6.28. The van der Waals surface area contributed by atoms with Gasteiger partial charge < -0.3 is 25.4 Å². The Bertz CT molecular complexity index is 577. The second kappa shape index (κ2) is 13.6. The highest BCUT2D eigenvalue weighted by Crippen LogP contribution is 2.28. The molecule has 1 aliphatic carbocycles. The molecule has 1 aromatic rings. The molecule has 0 atom stereocenters. The smallest absolute Gasteiger partial charge is 0.251 e. The molecule has 2 rings (SSSR count). The van der Waals surface area contributed by atoms with E-state index < -0.39 is 0 Å². The number of hydrogen-bond acceptors (Lipinski definition) is 4. The normalized spacial score (nSPS) is 13.5. The van der Waals surface area contributed by atoms with Crippen LogP contribution in [0, 0.1) is 5.92 Å². The van der Waals surface area contributed by atoms with E-state index in [0.29, 0.717) is 18.7 Å². The van der Waals surface area contributed by atoms with Gasteiger partial charge in [0.2, 0.25) is 0 Å². The van der Waals surface area contributed by atoms with Gasteiger partial charge in [-0.25, -0.2) is 0 Å². The fourth-order valence-corrected chi connectivity index (χ4v) is 2.34. The standard InChI is InChI=1S/C19H30N4O3.HI/c1-20-19(22-10-3-13-26-14-15-4-5-15)23-12-11-21-18(24)16-6-8-17(25-2)9-7-16;/h6-9,15H,3-5,10-14H2,1-2H3,(H,21,24)(H2,20,22,23);1H. The van der Waals surface area contributed by atoms with Crippen LogP contribution in [-0.4, -0.2) is 58.9 Å². The highest BCUT2D eigenvalue weighted by Gasteiger charge is 2.20. The zero-order chi connectivity index (χ0) is 18.6. The maximum Gasteiger partial charge on any atom is 0.251 e.